The monoisotopic (exact) mass is 478 g/mol. The zero-order valence-corrected chi connectivity index (χ0v) is 19.5. The van der Waals surface area contributed by atoms with Crippen molar-refractivity contribution in [1.29, 1.82) is 0 Å². The lowest BCUT2D eigenvalue weighted by atomic mass is 9.79. The lowest BCUT2D eigenvalue weighted by Crippen LogP contribution is -2.50. The van der Waals surface area contributed by atoms with Crippen LogP contribution in [0.3, 0.4) is 0 Å². The normalized spacial score (nSPS) is 23.8. The first-order valence-corrected chi connectivity index (χ1v) is 12.0. The summed E-state index contributed by atoms with van der Waals surface area (Å²) in [5.41, 5.74) is 1.10. The second-order valence-electron chi connectivity index (χ2n) is 9.44. The van der Waals surface area contributed by atoms with Gasteiger partial charge in [-0.3, -0.25) is 9.47 Å². The summed E-state index contributed by atoms with van der Waals surface area (Å²) in [5.74, 6) is 0.603. The molecule has 3 aliphatic rings. The van der Waals surface area contributed by atoms with E-state index in [2.05, 4.69) is 20.4 Å². The van der Waals surface area contributed by atoms with Crippen molar-refractivity contribution in [1.82, 2.24) is 29.9 Å². The van der Waals surface area contributed by atoms with E-state index in [0.29, 0.717) is 15.9 Å². The van der Waals surface area contributed by atoms with Crippen LogP contribution in [0.1, 0.15) is 49.5 Å². The fourth-order valence-electron chi connectivity index (χ4n) is 5.21. The minimum Gasteiger partial charge on any atom is -0.331 e. The van der Waals surface area contributed by atoms with Crippen LogP contribution < -0.4 is 11.0 Å². The quantitative estimate of drug-likeness (QED) is 0.689. The van der Waals surface area contributed by atoms with E-state index in [1.807, 2.05) is 23.1 Å². The molecule has 2 saturated heterocycles. The molecule has 5 rings (SSSR count). The van der Waals surface area contributed by atoms with E-state index in [1.165, 1.54) is 0 Å². The van der Waals surface area contributed by atoms with E-state index in [-0.39, 0.29) is 29.7 Å². The van der Waals surface area contributed by atoms with Gasteiger partial charge in [0, 0.05) is 37.6 Å². The number of rotatable bonds is 5. The molecule has 1 aromatic carbocycles. The van der Waals surface area contributed by atoms with E-state index >= 15 is 0 Å². The first-order valence-electron chi connectivity index (χ1n) is 11.3. The van der Waals surface area contributed by atoms with Crippen LogP contribution in [0.2, 0.25) is 10.0 Å². The SMILES string of the molecule is O=C(NCc1n[nH]c(=O)n1C1CC1)N1CCCC2(CCN(Cc3ccc(Cl)c(Cl)c3)C2)C1. The van der Waals surface area contributed by atoms with Crippen molar-refractivity contribution in [3.8, 4) is 0 Å². The number of carbonyl (C=O) groups is 1. The predicted octanol–water partition coefficient (Wildman–Crippen LogP) is 3.41. The van der Waals surface area contributed by atoms with Crippen LogP contribution in [0.15, 0.2) is 23.0 Å². The van der Waals surface area contributed by atoms with Crippen molar-refractivity contribution >= 4 is 29.2 Å². The first kappa shape index (κ1) is 21.8. The number of urea groups is 1. The van der Waals surface area contributed by atoms with Crippen molar-refractivity contribution in [3.05, 3.63) is 50.1 Å². The van der Waals surface area contributed by atoms with Gasteiger partial charge < -0.3 is 10.2 Å². The van der Waals surface area contributed by atoms with E-state index in [1.54, 1.807) is 4.57 Å². The fraction of sp³-hybridized carbons (Fsp3) is 0.591. The first-order chi connectivity index (χ1) is 15.4. The van der Waals surface area contributed by atoms with Crippen molar-refractivity contribution in [2.45, 2.75) is 51.2 Å². The van der Waals surface area contributed by atoms with Crippen LogP contribution in [0.5, 0.6) is 0 Å². The summed E-state index contributed by atoms with van der Waals surface area (Å²) in [7, 11) is 0. The molecule has 0 radical (unpaired) electrons. The van der Waals surface area contributed by atoms with Gasteiger partial charge in [-0.25, -0.2) is 14.7 Å². The molecule has 2 N–H and O–H groups in total. The number of carbonyl (C=O) groups excluding carboxylic acids is 1. The van der Waals surface area contributed by atoms with Gasteiger partial charge in [0.1, 0.15) is 0 Å². The average molecular weight is 479 g/mol. The Balaban J connectivity index is 1.17. The van der Waals surface area contributed by atoms with E-state index in [9.17, 15) is 9.59 Å². The van der Waals surface area contributed by atoms with Crippen LogP contribution in [0, 0.1) is 5.41 Å². The molecule has 8 nitrogen and oxygen atoms in total. The molecule has 2 amide bonds. The van der Waals surface area contributed by atoms with Crippen LogP contribution in [-0.2, 0) is 13.1 Å². The Labute approximate surface area is 196 Å². The predicted molar refractivity (Wildman–Crippen MR) is 123 cm³/mol. The molecule has 2 aromatic rings. The third kappa shape index (κ3) is 4.54. The number of halogens is 2. The number of nitrogens with one attached hydrogen (secondary N) is 2. The number of benzene rings is 1. The Morgan fingerprint density at radius 2 is 2.03 bits per heavy atom. The second kappa shape index (κ2) is 8.72. The number of likely N-dealkylation sites (tertiary alicyclic amines) is 2. The van der Waals surface area contributed by atoms with E-state index in [4.69, 9.17) is 23.2 Å². The number of aromatic amines is 1. The molecule has 10 heteroatoms. The minimum absolute atomic E-state index is 0.0789. The number of aromatic nitrogens is 3. The highest BCUT2D eigenvalue weighted by Gasteiger charge is 2.42. The molecule has 1 spiro atoms. The zero-order valence-electron chi connectivity index (χ0n) is 17.9. The highest BCUT2D eigenvalue weighted by atomic mass is 35.5. The van der Waals surface area contributed by atoms with Gasteiger partial charge in [-0.1, -0.05) is 29.3 Å². The molecular weight excluding hydrogens is 451 g/mol. The molecular formula is C22H28Cl2N6O2. The van der Waals surface area contributed by atoms with E-state index < -0.39 is 0 Å². The summed E-state index contributed by atoms with van der Waals surface area (Å²) in [4.78, 5) is 29.2. The Hall–Kier alpha value is -2.03. The molecule has 0 bridgehead atoms. The van der Waals surface area contributed by atoms with Gasteiger partial charge in [-0.2, -0.15) is 5.10 Å². The van der Waals surface area contributed by atoms with Gasteiger partial charge in [0.05, 0.1) is 16.6 Å². The molecule has 172 valence electrons. The molecule has 3 fully saturated rings. The molecule has 3 heterocycles. The van der Waals surface area contributed by atoms with Crippen LogP contribution in [0.4, 0.5) is 4.79 Å². The number of amides is 2. The van der Waals surface area contributed by atoms with Crippen molar-refractivity contribution in [3.63, 3.8) is 0 Å². The smallest absolute Gasteiger partial charge is 0.331 e. The summed E-state index contributed by atoms with van der Waals surface area (Å²) in [6, 6.07) is 5.96. The molecule has 2 aliphatic heterocycles. The fourth-order valence-corrected chi connectivity index (χ4v) is 5.53. The highest BCUT2D eigenvalue weighted by Crippen LogP contribution is 2.40. The summed E-state index contributed by atoms with van der Waals surface area (Å²) in [6.45, 7) is 4.60. The minimum atomic E-state index is -0.193. The highest BCUT2D eigenvalue weighted by molar-refractivity contribution is 6.42. The largest absolute Gasteiger partial charge is 0.343 e. The summed E-state index contributed by atoms with van der Waals surface area (Å²) in [5, 5.41) is 10.7. The van der Waals surface area contributed by atoms with Crippen LogP contribution in [0.25, 0.3) is 0 Å². The third-order valence-electron chi connectivity index (χ3n) is 6.94. The van der Waals surface area contributed by atoms with Gasteiger partial charge in [0.25, 0.3) is 0 Å². The van der Waals surface area contributed by atoms with Crippen LogP contribution >= 0.6 is 23.2 Å². The molecule has 1 atom stereocenters. The molecule has 1 saturated carbocycles. The number of hydrogen-bond acceptors (Lipinski definition) is 4. The lowest BCUT2D eigenvalue weighted by Gasteiger charge is -2.40. The Bertz CT molecular complexity index is 1060. The topological polar surface area (TPSA) is 86.3 Å². The number of H-pyrrole nitrogens is 1. The van der Waals surface area contributed by atoms with Crippen LogP contribution in [-0.4, -0.2) is 56.8 Å². The van der Waals surface area contributed by atoms with Crippen molar-refractivity contribution in [2.24, 2.45) is 5.41 Å². The molecule has 1 aliphatic carbocycles. The van der Waals surface area contributed by atoms with Gasteiger partial charge in [0.15, 0.2) is 5.82 Å². The van der Waals surface area contributed by atoms with Crippen molar-refractivity contribution in [2.75, 3.05) is 26.2 Å². The Morgan fingerprint density at radius 3 is 2.81 bits per heavy atom. The van der Waals surface area contributed by atoms with Gasteiger partial charge in [-0.05, 0) is 56.3 Å². The number of piperidine rings is 1. The van der Waals surface area contributed by atoms with E-state index in [0.717, 1.165) is 70.4 Å². The third-order valence-corrected chi connectivity index (χ3v) is 7.68. The van der Waals surface area contributed by atoms with Gasteiger partial charge in [0.2, 0.25) is 0 Å². The zero-order chi connectivity index (χ0) is 22.3. The Kier molecular flexibility index (Phi) is 5.94. The lowest BCUT2D eigenvalue weighted by molar-refractivity contribution is 0.107. The summed E-state index contributed by atoms with van der Waals surface area (Å²) >= 11 is 12.2. The maximum absolute atomic E-state index is 12.9. The number of hydrogen-bond donors (Lipinski definition) is 2. The standard InChI is InChI=1S/C22H28Cl2N6O2/c23-17-5-2-15(10-18(17)24)12-28-9-7-22(13-28)6-1-8-29(14-22)20(31)25-11-19-26-27-21(32)30(19)16-3-4-16/h2,5,10,16H,1,3-4,6-9,11-14H2,(H,25,31)(H,27,32). The number of nitrogens with zero attached hydrogens (tertiary/aromatic N) is 4. The summed E-state index contributed by atoms with van der Waals surface area (Å²) < 4.78 is 1.68. The molecule has 32 heavy (non-hydrogen) atoms. The van der Waals surface area contributed by atoms with Gasteiger partial charge >= 0.3 is 11.7 Å². The Morgan fingerprint density at radius 1 is 1.19 bits per heavy atom. The second-order valence-corrected chi connectivity index (χ2v) is 10.3. The van der Waals surface area contributed by atoms with Gasteiger partial charge in [-0.15, -0.1) is 0 Å². The maximum atomic E-state index is 12.9. The summed E-state index contributed by atoms with van der Waals surface area (Å²) in [6.07, 6.45) is 5.21. The maximum Gasteiger partial charge on any atom is 0.343 e. The molecule has 1 aromatic heterocycles. The average Bonchev–Trinajstić information content (AvgIpc) is 3.45. The molecule has 1 unspecified atom stereocenters. The van der Waals surface area contributed by atoms with Crippen molar-refractivity contribution < 1.29 is 4.79 Å².